The van der Waals surface area contributed by atoms with Crippen LogP contribution in [0, 0.1) is 0 Å². The highest BCUT2D eigenvalue weighted by Crippen LogP contribution is 2.41. The summed E-state index contributed by atoms with van der Waals surface area (Å²) in [6.07, 6.45) is 7.77. The summed E-state index contributed by atoms with van der Waals surface area (Å²) in [6, 6.07) is 120. The molecule has 4 heterocycles. The molecule has 0 bridgehead atoms. The SMILES string of the molecule is C(=C\c1ccccc1-c1ccccc1)/c1nc(-c2ccc(-c3ccccccccn3)cc2)nc(-c2cc3ccccc3c3ccccc23)n1.c1ccc2c(-c3ccc(-c4nc(-c5cc6ccccc6c6ccccc56)cc(-c5cc6ccccc6c6ccccc56)n4)cc3)nccc2c1. The third-order valence-electron chi connectivity index (χ3n) is 18.6. The summed E-state index contributed by atoms with van der Waals surface area (Å²) >= 11 is 0. The van der Waals surface area contributed by atoms with Gasteiger partial charge in [0.1, 0.15) is 0 Å². The van der Waals surface area contributed by atoms with E-state index in [0.717, 1.165) is 94.6 Å². The summed E-state index contributed by atoms with van der Waals surface area (Å²) in [4.78, 5) is 35.3. The minimum absolute atomic E-state index is 0.582. The van der Waals surface area contributed by atoms with Crippen LogP contribution < -0.4 is 0 Å². The fraction of sp³-hybridized carbons (Fsp3) is 0. The largest absolute Gasteiger partial charge is 0.256 e. The van der Waals surface area contributed by atoms with Gasteiger partial charge < -0.3 is 0 Å². The monoisotopic (exact) mass is 1280 g/mol. The van der Waals surface area contributed by atoms with Crippen molar-refractivity contribution in [3.05, 3.63) is 370 Å². The molecule has 14 aromatic carbocycles. The van der Waals surface area contributed by atoms with Gasteiger partial charge in [0, 0.05) is 56.7 Å². The van der Waals surface area contributed by atoms with E-state index in [9.17, 15) is 0 Å². The number of nitrogens with zero attached hydrogens (tertiary/aromatic N) is 7. The predicted molar refractivity (Wildman–Crippen MR) is 416 cm³/mol. The maximum absolute atomic E-state index is 5.32. The lowest BCUT2D eigenvalue weighted by molar-refractivity contribution is 1.05. The lowest BCUT2D eigenvalue weighted by Gasteiger charge is -2.15. The highest BCUT2D eigenvalue weighted by Gasteiger charge is 2.20. The van der Waals surface area contributed by atoms with Crippen molar-refractivity contribution in [1.29, 1.82) is 0 Å². The summed E-state index contributed by atoms with van der Waals surface area (Å²) in [6.45, 7) is 0. The topological polar surface area (TPSA) is 90.2 Å². The van der Waals surface area contributed by atoms with Gasteiger partial charge in [0.15, 0.2) is 23.3 Å². The zero-order chi connectivity index (χ0) is 66.6. The first-order chi connectivity index (χ1) is 49.6. The molecule has 18 rings (SSSR count). The van der Waals surface area contributed by atoms with Gasteiger partial charge in [-0.15, -0.1) is 0 Å². The van der Waals surface area contributed by atoms with E-state index in [4.69, 9.17) is 29.9 Å². The molecular weight excluding hydrogens is 1220 g/mol. The zero-order valence-electron chi connectivity index (χ0n) is 54.3. The van der Waals surface area contributed by atoms with Crippen molar-refractivity contribution in [1.82, 2.24) is 34.9 Å². The van der Waals surface area contributed by atoms with Gasteiger partial charge in [0.25, 0.3) is 0 Å². The van der Waals surface area contributed by atoms with Crippen LogP contribution in [0.5, 0.6) is 0 Å². The Morgan fingerprint density at radius 2 is 0.620 bits per heavy atom. The maximum atomic E-state index is 5.32. The Kier molecular flexibility index (Phi) is 16.2. The Bertz CT molecular complexity index is 6060. The highest BCUT2D eigenvalue weighted by molar-refractivity contribution is 6.16. The van der Waals surface area contributed by atoms with Crippen molar-refractivity contribution < 1.29 is 0 Å². The first kappa shape index (κ1) is 60.2. The fourth-order valence-electron chi connectivity index (χ4n) is 13.7. The van der Waals surface area contributed by atoms with E-state index >= 15 is 0 Å². The molecule has 0 aliphatic rings. The second-order valence-electron chi connectivity index (χ2n) is 24.7. The van der Waals surface area contributed by atoms with Crippen LogP contribution in [0.15, 0.2) is 358 Å². The van der Waals surface area contributed by atoms with Crippen LogP contribution >= 0.6 is 0 Å². The quantitative estimate of drug-likeness (QED) is 0.126. The fourth-order valence-corrected chi connectivity index (χ4v) is 13.7. The Morgan fingerprint density at radius 1 is 0.200 bits per heavy atom. The second-order valence-corrected chi connectivity index (χ2v) is 24.7. The van der Waals surface area contributed by atoms with E-state index in [1.165, 1.54) is 59.2 Å². The Morgan fingerprint density at radius 3 is 1.22 bits per heavy atom. The maximum Gasteiger partial charge on any atom is 0.164 e. The molecule has 0 saturated heterocycles. The van der Waals surface area contributed by atoms with E-state index < -0.39 is 0 Å². The predicted octanol–water partition coefficient (Wildman–Crippen LogP) is 23.8. The van der Waals surface area contributed by atoms with Crippen LogP contribution in [0.2, 0.25) is 0 Å². The molecule has 18 aromatic rings. The zero-order valence-corrected chi connectivity index (χ0v) is 54.3. The number of fused-ring (bicyclic) bond motifs is 10. The van der Waals surface area contributed by atoms with Gasteiger partial charge in [-0.3, -0.25) is 9.97 Å². The molecule has 0 saturated carbocycles. The van der Waals surface area contributed by atoms with Gasteiger partial charge in [-0.25, -0.2) is 24.9 Å². The average Bonchev–Trinajstić information content (AvgIpc) is 0.759. The number of rotatable bonds is 10. The lowest BCUT2D eigenvalue weighted by Crippen LogP contribution is -2.00. The molecule has 0 radical (unpaired) electrons. The molecule has 0 unspecified atom stereocenters. The van der Waals surface area contributed by atoms with Crippen molar-refractivity contribution in [2.24, 2.45) is 0 Å². The molecule has 468 valence electrons. The molecule has 0 fully saturated rings. The minimum Gasteiger partial charge on any atom is -0.256 e. The van der Waals surface area contributed by atoms with E-state index in [2.05, 4.69) is 308 Å². The molecule has 100 heavy (non-hydrogen) atoms. The van der Waals surface area contributed by atoms with Crippen molar-refractivity contribution in [3.63, 3.8) is 0 Å². The molecule has 4 aromatic heterocycles. The first-order valence-electron chi connectivity index (χ1n) is 33.6. The summed E-state index contributed by atoms with van der Waals surface area (Å²) in [5.74, 6) is 2.50. The van der Waals surface area contributed by atoms with Gasteiger partial charge in [-0.2, -0.15) is 0 Å². The first-order valence-corrected chi connectivity index (χ1v) is 33.6. The van der Waals surface area contributed by atoms with Crippen LogP contribution in [-0.4, -0.2) is 34.9 Å². The van der Waals surface area contributed by atoms with Crippen LogP contribution in [0.4, 0.5) is 0 Å². The molecule has 0 spiro atoms. The third-order valence-corrected chi connectivity index (χ3v) is 18.6. The molecule has 0 atom stereocenters. The summed E-state index contributed by atoms with van der Waals surface area (Å²) in [7, 11) is 0. The molecule has 7 heteroatoms. The van der Waals surface area contributed by atoms with Gasteiger partial charge >= 0.3 is 0 Å². The van der Waals surface area contributed by atoms with Crippen LogP contribution in [0.3, 0.4) is 0 Å². The van der Waals surface area contributed by atoms with Gasteiger partial charge in [-0.1, -0.05) is 309 Å². The minimum atomic E-state index is 0.582. The highest BCUT2D eigenvalue weighted by atomic mass is 15.0. The number of hydrogen-bond donors (Lipinski definition) is 0. The van der Waals surface area contributed by atoms with Crippen LogP contribution in [0.1, 0.15) is 11.4 Å². The van der Waals surface area contributed by atoms with Gasteiger partial charge in [-0.05, 0) is 135 Å². The van der Waals surface area contributed by atoms with Gasteiger partial charge in [0.2, 0.25) is 0 Å². The summed E-state index contributed by atoms with van der Waals surface area (Å²) in [5.41, 5.74) is 14.1. The number of hydrogen-bond acceptors (Lipinski definition) is 7. The standard InChI is InChI=1S/C47H29N3.C46H32N4/c1-6-16-37-30(11-1)25-26-48-46(37)31-21-23-32(24-22-31)47-49-44(42-27-33-12-2-4-14-35(33)38-17-7-9-19-40(38)42)29-45(50-47)43-28-34-13-3-5-15-36(34)39-18-8-10-20-41(39)43;1-2-4-15-31-47-43(24-8-3-1)35-25-27-36(28-26-35)45-48-44(30-29-34-18-9-11-20-38(34)33-16-6-5-7-17-33)49-46(50-45)42-32-37-19-10-12-21-39(37)40-22-13-14-23-41(40)42/h1-29H;1-32H/b;2-1?,3-1?,4-2?,8-3?,15-4?,24-8?,30-29+,31-15?,43-24?,47-31?,47-43?. The molecular formula is C93H61N7. The van der Waals surface area contributed by atoms with E-state index in [1.54, 1.807) is 0 Å². The van der Waals surface area contributed by atoms with E-state index in [1.807, 2.05) is 67.0 Å². The Balaban J connectivity index is 0.000000150. The molecule has 0 N–H and O–H groups in total. The van der Waals surface area contributed by atoms with Crippen molar-refractivity contribution in [2.75, 3.05) is 0 Å². The second kappa shape index (κ2) is 27.0. The van der Waals surface area contributed by atoms with Gasteiger partial charge in [0.05, 0.1) is 22.8 Å². The molecule has 0 amide bonds. The molecule has 0 aliphatic carbocycles. The molecule has 7 nitrogen and oxygen atoms in total. The van der Waals surface area contributed by atoms with Crippen molar-refractivity contribution in [3.8, 4) is 90.3 Å². The van der Waals surface area contributed by atoms with Crippen molar-refractivity contribution >= 4 is 87.6 Å². The number of aromatic nitrogens is 7. The molecule has 0 aliphatic heterocycles. The van der Waals surface area contributed by atoms with E-state index in [-0.39, 0.29) is 0 Å². The van der Waals surface area contributed by atoms with Crippen LogP contribution in [0.25, 0.3) is 178 Å². The van der Waals surface area contributed by atoms with Crippen molar-refractivity contribution in [2.45, 2.75) is 0 Å². The number of benzene rings is 14. The lowest BCUT2D eigenvalue weighted by atomic mass is 9.93. The normalized spacial score (nSPS) is 11.4. The summed E-state index contributed by atoms with van der Waals surface area (Å²) in [5, 5.41) is 16.5. The summed E-state index contributed by atoms with van der Waals surface area (Å²) < 4.78 is 0. The smallest absolute Gasteiger partial charge is 0.164 e. The Labute approximate surface area is 578 Å². The Hall–Kier alpha value is -13.5. The van der Waals surface area contributed by atoms with E-state index in [0.29, 0.717) is 23.3 Å². The third kappa shape index (κ3) is 12.0. The van der Waals surface area contributed by atoms with Crippen LogP contribution in [-0.2, 0) is 0 Å². The average molecular weight is 1280 g/mol. The number of pyridine rings is 1.